The Hall–Kier alpha value is -3.00. The third-order valence-electron chi connectivity index (χ3n) is 9.97. The molecular formula is C33H33O6S-. The first kappa shape index (κ1) is 25.9. The lowest BCUT2D eigenvalue weighted by molar-refractivity contribution is -0.145. The topological polar surface area (TPSA) is 104 Å². The van der Waals surface area contributed by atoms with Crippen molar-refractivity contribution in [1.82, 2.24) is 0 Å². The molecule has 0 aromatic heterocycles. The van der Waals surface area contributed by atoms with Gasteiger partial charge in [-0.15, -0.1) is 0 Å². The number of aliphatic hydroxyl groups excluding tert-OH is 1. The lowest BCUT2D eigenvalue weighted by atomic mass is 9.50. The van der Waals surface area contributed by atoms with Gasteiger partial charge < -0.3 is 14.4 Å². The Morgan fingerprint density at radius 3 is 1.95 bits per heavy atom. The minimum absolute atomic E-state index is 0.0189. The van der Waals surface area contributed by atoms with Crippen LogP contribution in [0.1, 0.15) is 83.7 Å². The normalized spacial score (nSPS) is 28.8. The van der Waals surface area contributed by atoms with Gasteiger partial charge in [-0.2, -0.15) is 0 Å². The highest BCUT2D eigenvalue weighted by molar-refractivity contribution is 7.85. The van der Waals surface area contributed by atoms with Crippen LogP contribution in [0.5, 0.6) is 5.75 Å². The lowest BCUT2D eigenvalue weighted by Gasteiger charge is -2.53. The minimum Gasteiger partial charge on any atom is -0.744 e. The minimum atomic E-state index is -4.63. The second-order valence-corrected chi connectivity index (χ2v) is 13.3. The molecule has 0 heterocycles. The van der Waals surface area contributed by atoms with Crippen molar-refractivity contribution >= 4 is 16.1 Å². The maximum absolute atomic E-state index is 14.4. The van der Waals surface area contributed by atoms with Crippen molar-refractivity contribution in [2.24, 2.45) is 17.8 Å². The molecule has 4 atom stereocenters. The van der Waals surface area contributed by atoms with Gasteiger partial charge in [0.05, 0.1) is 16.9 Å². The van der Waals surface area contributed by atoms with E-state index in [1.165, 1.54) is 23.3 Å². The summed E-state index contributed by atoms with van der Waals surface area (Å²) in [6.07, 6.45) is 5.82. The zero-order valence-electron chi connectivity index (χ0n) is 22.3. The Labute approximate surface area is 235 Å². The van der Waals surface area contributed by atoms with Gasteiger partial charge in [-0.1, -0.05) is 61.4 Å². The van der Waals surface area contributed by atoms with Gasteiger partial charge in [0.15, 0.2) is 0 Å². The van der Waals surface area contributed by atoms with E-state index < -0.39 is 22.1 Å². The Balaban J connectivity index is 1.35. The number of aliphatic hydroxyl groups is 1. The summed E-state index contributed by atoms with van der Waals surface area (Å²) in [5, 5.41) is 11.3. The Morgan fingerprint density at radius 1 is 0.775 bits per heavy atom. The first-order valence-electron chi connectivity index (χ1n) is 14.5. The molecule has 2 bridgehead atoms. The van der Waals surface area contributed by atoms with Crippen LogP contribution in [0.4, 0.5) is 0 Å². The molecule has 0 saturated heterocycles. The summed E-state index contributed by atoms with van der Waals surface area (Å²) in [6.45, 7) is 0. The van der Waals surface area contributed by atoms with Crippen molar-refractivity contribution < 1.29 is 27.6 Å². The number of carbonyl (C=O) groups excluding carboxylic acids is 1. The summed E-state index contributed by atoms with van der Waals surface area (Å²) in [7, 11) is -4.63. The van der Waals surface area contributed by atoms with Crippen molar-refractivity contribution in [2.45, 2.75) is 74.2 Å². The van der Waals surface area contributed by atoms with E-state index in [2.05, 4.69) is 36.4 Å². The fourth-order valence-corrected chi connectivity index (χ4v) is 9.19. The molecule has 7 heteroatoms. The van der Waals surface area contributed by atoms with Crippen molar-refractivity contribution in [2.75, 3.05) is 0 Å². The molecule has 0 amide bonds. The first-order chi connectivity index (χ1) is 19.3. The summed E-state index contributed by atoms with van der Waals surface area (Å²) in [6, 6.07) is 19.5. The second-order valence-electron chi connectivity index (χ2n) is 11.9. The molecule has 6 nitrogen and oxygen atoms in total. The molecule has 1 fully saturated rings. The fraction of sp³-hybridized carbons (Fsp3) is 0.424. The molecular weight excluding hydrogens is 524 g/mol. The van der Waals surface area contributed by atoms with Gasteiger partial charge >= 0.3 is 5.97 Å². The molecule has 208 valence electrons. The number of fused-ring (bicyclic) bond motifs is 2. The average molecular weight is 558 g/mol. The van der Waals surface area contributed by atoms with Gasteiger partial charge in [-0.05, 0) is 95.9 Å². The fourth-order valence-electron chi connectivity index (χ4n) is 8.42. The van der Waals surface area contributed by atoms with E-state index in [4.69, 9.17) is 4.74 Å². The Kier molecular flexibility index (Phi) is 6.37. The van der Waals surface area contributed by atoms with Crippen molar-refractivity contribution in [3.8, 4) is 5.75 Å². The average Bonchev–Trinajstić information content (AvgIpc) is 2.96. The van der Waals surface area contributed by atoms with Crippen LogP contribution in [0.25, 0.3) is 0 Å². The van der Waals surface area contributed by atoms with E-state index in [0.717, 1.165) is 49.7 Å². The molecule has 0 radical (unpaired) electrons. The number of ether oxygens (including phenoxy) is 1. The molecule has 1 saturated carbocycles. The zero-order valence-corrected chi connectivity index (χ0v) is 23.1. The molecule has 5 aliphatic rings. The molecule has 5 aliphatic carbocycles. The predicted molar refractivity (Wildman–Crippen MR) is 148 cm³/mol. The molecule has 4 unspecified atom stereocenters. The van der Waals surface area contributed by atoms with Crippen LogP contribution in [0, 0.1) is 17.8 Å². The van der Waals surface area contributed by atoms with Gasteiger partial charge in [-0.3, -0.25) is 4.79 Å². The van der Waals surface area contributed by atoms with Crippen molar-refractivity contribution in [3.05, 3.63) is 94.0 Å². The molecule has 1 N–H and O–H groups in total. The van der Waals surface area contributed by atoms with E-state index in [0.29, 0.717) is 29.7 Å². The van der Waals surface area contributed by atoms with Crippen molar-refractivity contribution in [1.29, 1.82) is 0 Å². The number of hydrogen-bond acceptors (Lipinski definition) is 6. The van der Waals surface area contributed by atoms with E-state index >= 15 is 0 Å². The predicted octanol–water partition coefficient (Wildman–Crippen LogP) is 5.45. The molecule has 3 aromatic rings. The van der Waals surface area contributed by atoms with E-state index in [1.54, 1.807) is 0 Å². The van der Waals surface area contributed by atoms with E-state index in [9.17, 15) is 22.9 Å². The van der Waals surface area contributed by atoms with Crippen LogP contribution < -0.4 is 4.74 Å². The molecule has 8 rings (SSSR count). The van der Waals surface area contributed by atoms with E-state index in [1.807, 2.05) is 12.1 Å². The summed E-state index contributed by atoms with van der Waals surface area (Å²) < 4.78 is 42.1. The van der Waals surface area contributed by atoms with Crippen LogP contribution in [-0.2, 0) is 27.8 Å². The summed E-state index contributed by atoms with van der Waals surface area (Å²) in [5.41, 5.74) is 5.91. The Morgan fingerprint density at radius 2 is 1.35 bits per heavy atom. The maximum Gasteiger partial charge on any atom is 0.315 e. The van der Waals surface area contributed by atoms with Gasteiger partial charge in [0, 0.05) is 11.8 Å². The molecule has 0 aliphatic heterocycles. The van der Waals surface area contributed by atoms with Crippen LogP contribution in [-0.4, -0.2) is 30.2 Å². The second kappa shape index (κ2) is 9.82. The van der Waals surface area contributed by atoms with Gasteiger partial charge in [-0.25, -0.2) is 8.42 Å². The number of esters is 1. The smallest absolute Gasteiger partial charge is 0.315 e. The monoisotopic (exact) mass is 557 g/mol. The highest BCUT2D eigenvalue weighted by Gasteiger charge is 2.56. The third-order valence-corrected chi connectivity index (χ3v) is 10.9. The number of rotatable bonds is 4. The van der Waals surface area contributed by atoms with Crippen LogP contribution in [0.2, 0.25) is 0 Å². The molecule has 0 spiro atoms. The van der Waals surface area contributed by atoms with Crippen LogP contribution in [0.3, 0.4) is 0 Å². The molecule has 40 heavy (non-hydrogen) atoms. The number of hydrogen-bond donors (Lipinski definition) is 1. The van der Waals surface area contributed by atoms with Crippen LogP contribution in [0.15, 0.2) is 65.6 Å². The number of benzene rings is 3. The highest BCUT2D eigenvalue weighted by atomic mass is 32.2. The first-order valence-corrected chi connectivity index (χ1v) is 15.9. The third kappa shape index (κ3) is 4.05. The van der Waals surface area contributed by atoms with Crippen LogP contribution >= 0.6 is 0 Å². The molecule has 3 aromatic carbocycles. The summed E-state index contributed by atoms with van der Waals surface area (Å²) in [5.74, 6) is -0.826. The largest absolute Gasteiger partial charge is 0.744 e. The SMILES string of the molecule is O=C(Oc1ccc(S(=O)(=O)[O-])c2c1CCCC2)C1C2c3ccccc3C(c3ccccc32)C1C1CCCCC1O. The van der Waals surface area contributed by atoms with Gasteiger partial charge in [0.2, 0.25) is 0 Å². The van der Waals surface area contributed by atoms with Gasteiger partial charge in [0.1, 0.15) is 15.9 Å². The Bertz CT molecular complexity index is 1550. The number of carbonyl (C=O) groups is 1. The van der Waals surface area contributed by atoms with Crippen molar-refractivity contribution in [3.63, 3.8) is 0 Å². The van der Waals surface area contributed by atoms with E-state index in [-0.39, 0.29) is 34.5 Å². The highest BCUT2D eigenvalue weighted by Crippen LogP contribution is 2.61. The summed E-state index contributed by atoms with van der Waals surface area (Å²) in [4.78, 5) is 14.2. The standard InChI is InChI=1S/C33H34O6S/c34-26-16-8-7-15-25(26)31-29-21-11-3-5-13-23(21)30(24-14-6-4-12-22(24)29)32(31)33(35)39-27-17-18-28(40(36,37)38)20-10-2-1-9-19(20)27/h3-6,11-14,17-18,25-26,29-32,34H,1-2,7-10,15-16H2,(H,36,37,38)/p-1. The zero-order chi connectivity index (χ0) is 27.6. The quantitative estimate of drug-likeness (QED) is 0.260. The van der Waals surface area contributed by atoms with Gasteiger partial charge in [0.25, 0.3) is 0 Å². The summed E-state index contributed by atoms with van der Waals surface area (Å²) >= 11 is 0. The lowest BCUT2D eigenvalue weighted by Crippen LogP contribution is -2.50. The maximum atomic E-state index is 14.4.